The van der Waals surface area contributed by atoms with E-state index < -0.39 is 0 Å². The summed E-state index contributed by atoms with van der Waals surface area (Å²) in [6.45, 7) is 3.09. The number of morpholine rings is 1. The molecular formula is C15H21NO. The Morgan fingerprint density at radius 2 is 1.94 bits per heavy atom. The maximum absolute atomic E-state index is 5.91. The molecule has 1 aliphatic heterocycles. The highest BCUT2D eigenvalue weighted by atomic mass is 16.5. The van der Waals surface area contributed by atoms with Crippen molar-refractivity contribution >= 4 is 0 Å². The second-order valence-electron chi connectivity index (χ2n) is 5.22. The molecule has 92 valence electrons. The lowest BCUT2D eigenvalue weighted by molar-refractivity contribution is -0.0911. The summed E-state index contributed by atoms with van der Waals surface area (Å²) >= 11 is 0. The summed E-state index contributed by atoms with van der Waals surface area (Å²) in [5.74, 6) is 0. The largest absolute Gasteiger partial charge is 0.375 e. The molecule has 2 atom stereocenters. The third-order valence-corrected chi connectivity index (χ3v) is 4.08. The summed E-state index contributed by atoms with van der Waals surface area (Å²) in [5, 5.41) is 0. The van der Waals surface area contributed by atoms with Crippen molar-refractivity contribution in [3.8, 4) is 0 Å². The zero-order valence-electron chi connectivity index (χ0n) is 10.3. The highest BCUT2D eigenvalue weighted by Crippen LogP contribution is 2.29. The topological polar surface area (TPSA) is 12.5 Å². The number of ether oxygens (including phenoxy) is 1. The van der Waals surface area contributed by atoms with Crippen molar-refractivity contribution in [2.24, 2.45) is 0 Å². The van der Waals surface area contributed by atoms with Gasteiger partial charge in [0.1, 0.15) is 0 Å². The van der Waals surface area contributed by atoms with E-state index in [2.05, 4.69) is 35.2 Å². The second-order valence-corrected chi connectivity index (χ2v) is 5.22. The Labute approximate surface area is 104 Å². The van der Waals surface area contributed by atoms with Crippen LogP contribution in [0.3, 0.4) is 0 Å². The molecule has 3 rings (SSSR count). The molecule has 1 saturated carbocycles. The van der Waals surface area contributed by atoms with Crippen LogP contribution in [0.1, 0.15) is 31.2 Å². The van der Waals surface area contributed by atoms with Gasteiger partial charge in [-0.1, -0.05) is 43.2 Å². The molecule has 2 aliphatic rings. The predicted molar refractivity (Wildman–Crippen MR) is 68.8 cm³/mol. The fourth-order valence-corrected chi connectivity index (χ4v) is 3.19. The van der Waals surface area contributed by atoms with Crippen LogP contribution in [-0.2, 0) is 11.3 Å². The Hall–Kier alpha value is -0.860. The van der Waals surface area contributed by atoms with E-state index in [1.165, 1.54) is 31.2 Å². The van der Waals surface area contributed by atoms with Gasteiger partial charge in [0.2, 0.25) is 0 Å². The molecular weight excluding hydrogens is 210 g/mol. The molecule has 1 aliphatic carbocycles. The second kappa shape index (κ2) is 5.19. The monoisotopic (exact) mass is 231 g/mol. The highest BCUT2D eigenvalue weighted by molar-refractivity contribution is 5.14. The van der Waals surface area contributed by atoms with Gasteiger partial charge in [-0.3, -0.25) is 4.90 Å². The van der Waals surface area contributed by atoms with Crippen molar-refractivity contribution in [2.75, 3.05) is 13.2 Å². The zero-order valence-corrected chi connectivity index (χ0v) is 10.3. The van der Waals surface area contributed by atoms with Gasteiger partial charge in [0.25, 0.3) is 0 Å². The summed E-state index contributed by atoms with van der Waals surface area (Å²) in [5.41, 5.74) is 1.43. The highest BCUT2D eigenvalue weighted by Gasteiger charge is 2.33. The molecule has 1 saturated heterocycles. The first-order chi connectivity index (χ1) is 8.43. The maximum atomic E-state index is 5.91. The summed E-state index contributed by atoms with van der Waals surface area (Å²) in [7, 11) is 0. The number of benzene rings is 1. The van der Waals surface area contributed by atoms with Crippen LogP contribution in [0.5, 0.6) is 0 Å². The quantitative estimate of drug-likeness (QED) is 0.776. The normalized spacial score (nSPS) is 29.9. The van der Waals surface area contributed by atoms with Crippen LogP contribution in [0.15, 0.2) is 30.3 Å². The predicted octanol–water partition coefficient (Wildman–Crippen LogP) is 2.83. The van der Waals surface area contributed by atoms with Crippen molar-refractivity contribution in [2.45, 2.75) is 44.4 Å². The molecule has 1 aromatic rings. The van der Waals surface area contributed by atoms with Crippen LogP contribution in [0, 0.1) is 0 Å². The molecule has 0 bridgehead atoms. The number of hydrogen-bond acceptors (Lipinski definition) is 2. The zero-order chi connectivity index (χ0) is 11.5. The van der Waals surface area contributed by atoms with Crippen LogP contribution in [0.2, 0.25) is 0 Å². The van der Waals surface area contributed by atoms with Crippen molar-refractivity contribution in [3.05, 3.63) is 35.9 Å². The van der Waals surface area contributed by atoms with Gasteiger partial charge in [-0.25, -0.2) is 0 Å². The summed E-state index contributed by atoms with van der Waals surface area (Å²) < 4.78 is 5.91. The smallest absolute Gasteiger partial charge is 0.0731 e. The molecule has 0 N–H and O–H groups in total. The first kappa shape index (κ1) is 11.2. The van der Waals surface area contributed by atoms with Crippen molar-refractivity contribution in [3.63, 3.8) is 0 Å². The Bertz CT molecular complexity index is 349. The lowest BCUT2D eigenvalue weighted by atomic mass is 9.90. The van der Waals surface area contributed by atoms with E-state index in [0.717, 1.165) is 19.7 Å². The molecule has 2 fully saturated rings. The van der Waals surface area contributed by atoms with Crippen LogP contribution >= 0.6 is 0 Å². The van der Waals surface area contributed by atoms with Gasteiger partial charge in [0, 0.05) is 19.1 Å². The Morgan fingerprint density at radius 1 is 1.12 bits per heavy atom. The SMILES string of the molecule is c1ccc(CN2CCO[C@@H]3CCCC[C@@H]32)cc1. The van der Waals surface area contributed by atoms with E-state index in [0.29, 0.717) is 12.1 Å². The van der Waals surface area contributed by atoms with Gasteiger partial charge < -0.3 is 4.74 Å². The van der Waals surface area contributed by atoms with Crippen LogP contribution < -0.4 is 0 Å². The van der Waals surface area contributed by atoms with Gasteiger partial charge in [0.15, 0.2) is 0 Å². The van der Waals surface area contributed by atoms with Gasteiger partial charge in [0.05, 0.1) is 12.7 Å². The maximum Gasteiger partial charge on any atom is 0.0731 e. The van der Waals surface area contributed by atoms with E-state index in [1.807, 2.05) is 0 Å². The first-order valence-corrected chi connectivity index (χ1v) is 6.83. The molecule has 0 aromatic heterocycles. The van der Waals surface area contributed by atoms with Gasteiger partial charge in [-0.2, -0.15) is 0 Å². The van der Waals surface area contributed by atoms with Crippen molar-refractivity contribution < 1.29 is 4.74 Å². The number of fused-ring (bicyclic) bond motifs is 1. The van der Waals surface area contributed by atoms with Crippen LogP contribution in [0.25, 0.3) is 0 Å². The van der Waals surface area contributed by atoms with Gasteiger partial charge >= 0.3 is 0 Å². The molecule has 2 heteroatoms. The molecule has 2 nitrogen and oxygen atoms in total. The average molecular weight is 231 g/mol. The third-order valence-electron chi connectivity index (χ3n) is 4.08. The minimum atomic E-state index is 0.501. The van der Waals surface area contributed by atoms with E-state index >= 15 is 0 Å². The molecule has 0 radical (unpaired) electrons. The molecule has 1 heterocycles. The average Bonchev–Trinajstić information content (AvgIpc) is 2.40. The lowest BCUT2D eigenvalue weighted by Gasteiger charge is -2.43. The van der Waals surface area contributed by atoms with Gasteiger partial charge in [-0.05, 0) is 18.4 Å². The third kappa shape index (κ3) is 2.53. The molecule has 17 heavy (non-hydrogen) atoms. The first-order valence-electron chi connectivity index (χ1n) is 6.83. The number of nitrogens with zero attached hydrogens (tertiary/aromatic N) is 1. The number of rotatable bonds is 2. The van der Waals surface area contributed by atoms with E-state index in [-0.39, 0.29) is 0 Å². The molecule has 0 spiro atoms. The van der Waals surface area contributed by atoms with Crippen molar-refractivity contribution in [1.82, 2.24) is 4.90 Å². The fraction of sp³-hybridized carbons (Fsp3) is 0.600. The summed E-state index contributed by atoms with van der Waals surface area (Å²) in [6, 6.07) is 11.5. The standard InChI is InChI=1S/C15H21NO/c1-2-6-13(7-3-1)12-16-10-11-17-15-9-5-4-8-14(15)16/h1-3,6-7,14-15H,4-5,8-12H2/t14-,15+/m0/s1. The summed E-state index contributed by atoms with van der Waals surface area (Å²) in [6.07, 6.45) is 5.80. The van der Waals surface area contributed by atoms with Crippen molar-refractivity contribution in [1.29, 1.82) is 0 Å². The van der Waals surface area contributed by atoms with E-state index in [1.54, 1.807) is 0 Å². The van der Waals surface area contributed by atoms with Crippen LogP contribution in [0.4, 0.5) is 0 Å². The fourth-order valence-electron chi connectivity index (χ4n) is 3.19. The van der Waals surface area contributed by atoms with Gasteiger partial charge in [-0.15, -0.1) is 0 Å². The Balaban J connectivity index is 1.69. The Morgan fingerprint density at radius 3 is 2.82 bits per heavy atom. The van der Waals surface area contributed by atoms with Crippen LogP contribution in [-0.4, -0.2) is 30.2 Å². The van der Waals surface area contributed by atoms with E-state index in [9.17, 15) is 0 Å². The molecule has 0 unspecified atom stereocenters. The lowest BCUT2D eigenvalue weighted by Crippen LogP contribution is -2.52. The molecule has 0 amide bonds. The number of hydrogen-bond donors (Lipinski definition) is 0. The minimum absolute atomic E-state index is 0.501. The summed E-state index contributed by atoms with van der Waals surface area (Å²) in [4.78, 5) is 2.63. The molecule has 1 aromatic carbocycles. The minimum Gasteiger partial charge on any atom is -0.375 e. The Kier molecular flexibility index (Phi) is 3.44. The van der Waals surface area contributed by atoms with E-state index in [4.69, 9.17) is 4.74 Å².